The van der Waals surface area contributed by atoms with E-state index in [1.165, 1.54) is 24.3 Å². The predicted molar refractivity (Wildman–Crippen MR) is 166 cm³/mol. The molecular formula is C27H36Cl2N4O5S2. The van der Waals surface area contributed by atoms with Crippen molar-refractivity contribution in [3.05, 3.63) is 72.8 Å². The second-order valence-electron chi connectivity index (χ2n) is 9.02. The average molecular weight is 632 g/mol. The maximum Gasteiger partial charge on any atom is 0.261 e. The highest BCUT2D eigenvalue weighted by atomic mass is 35.5. The summed E-state index contributed by atoms with van der Waals surface area (Å²) < 4.78 is 63.6. The Morgan fingerprint density at radius 3 is 2.12 bits per heavy atom. The van der Waals surface area contributed by atoms with Crippen LogP contribution in [-0.2, 0) is 20.0 Å². The third-order valence-corrected chi connectivity index (χ3v) is 8.91. The van der Waals surface area contributed by atoms with Crippen molar-refractivity contribution in [3.63, 3.8) is 0 Å². The monoisotopic (exact) mass is 630 g/mol. The third-order valence-electron chi connectivity index (χ3n) is 6.15. The van der Waals surface area contributed by atoms with Gasteiger partial charge >= 0.3 is 0 Å². The maximum atomic E-state index is 13.2. The van der Waals surface area contributed by atoms with E-state index in [0.717, 1.165) is 51.1 Å². The van der Waals surface area contributed by atoms with E-state index in [2.05, 4.69) is 26.6 Å². The van der Waals surface area contributed by atoms with Gasteiger partial charge in [-0.3, -0.25) is 9.44 Å². The van der Waals surface area contributed by atoms with Crippen LogP contribution in [-0.4, -0.2) is 49.6 Å². The zero-order valence-electron chi connectivity index (χ0n) is 22.2. The van der Waals surface area contributed by atoms with Crippen molar-refractivity contribution in [2.24, 2.45) is 0 Å². The zero-order chi connectivity index (χ0) is 27.0. The normalized spacial score (nSPS) is 13.8. The molecule has 9 nitrogen and oxygen atoms in total. The summed E-state index contributed by atoms with van der Waals surface area (Å²) in [5.41, 5.74) is 1.08. The lowest BCUT2D eigenvalue weighted by Gasteiger charge is -2.24. The zero-order valence-corrected chi connectivity index (χ0v) is 25.5. The minimum atomic E-state index is -4.01. The van der Waals surface area contributed by atoms with Crippen molar-refractivity contribution < 1.29 is 21.6 Å². The number of halogens is 2. The Morgan fingerprint density at radius 2 is 1.45 bits per heavy atom. The Balaban J connectivity index is 0.00000280. The molecule has 0 radical (unpaired) electrons. The molecule has 0 unspecified atom stereocenters. The van der Waals surface area contributed by atoms with Crippen molar-refractivity contribution in [1.82, 2.24) is 5.32 Å². The molecule has 0 amide bonds. The third kappa shape index (κ3) is 8.90. The van der Waals surface area contributed by atoms with E-state index in [4.69, 9.17) is 4.74 Å². The molecule has 0 aromatic heterocycles. The summed E-state index contributed by atoms with van der Waals surface area (Å²) in [5.74, 6) is 0.588. The Hall–Kier alpha value is -2.70. The second kappa shape index (κ2) is 15.3. The summed E-state index contributed by atoms with van der Waals surface area (Å²) in [6.45, 7) is 5.89. The van der Waals surface area contributed by atoms with E-state index < -0.39 is 20.0 Å². The first-order chi connectivity index (χ1) is 18.3. The summed E-state index contributed by atoms with van der Waals surface area (Å²) >= 11 is 0. The lowest BCUT2D eigenvalue weighted by atomic mass is 10.2. The van der Waals surface area contributed by atoms with Gasteiger partial charge in [0.2, 0.25) is 0 Å². The summed E-state index contributed by atoms with van der Waals surface area (Å²) in [6, 6.07) is 19.2. The van der Waals surface area contributed by atoms with Crippen LogP contribution < -0.4 is 24.4 Å². The van der Waals surface area contributed by atoms with Crippen molar-refractivity contribution in [2.45, 2.75) is 36.0 Å². The first-order valence-electron chi connectivity index (χ1n) is 12.7. The van der Waals surface area contributed by atoms with Crippen LogP contribution in [0.3, 0.4) is 0 Å². The fraction of sp³-hybridized carbons (Fsp3) is 0.333. The Bertz CT molecular complexity index is 1420. The molecule has 0 bridgehead atoms. The van der Waals surface area contributed by atoms with Gasteiger partial charge in [0, 0.05) is 25.3 Å². The van der Waals surface area contributed by atoms with Crippen LogP contribution in [0.5, 0.6) is 5.75 Å². The topological polar surface area (TPSA) is 117 Å². The number of anilines is 3. The van der Waals surface area contributed by atoms with Gasteiger partial charge in [-0.1, -0.05) is 31.5 Å². The molecule has 13 heteroatoms. The van der Waals surface area contributed by atoms with Crippen LogP contribution >= 0.6 is 24.8 Å². The van der Waals surface area contributed by atoms with Gasteiger partial charge < -0.3 is 15.0 Å². The molecule has 1 heterocycles. The molecule has 3 aromatic rings. The van der Waals surface area contributed by atoms with E-state index in [1.54, 1.807) is 48.5 Å². The minimum Gasteiger partial charge on any atom is -0.494 e. The van der Waals surface area contributed by atoms with E-state index >= 15 is 0 Å². The Kier molecular flexibility index (Phi) is 12.9. The first kappa shape index (κ1) is 33.5. The van der Waals surface area contributed by atoms with Gasteiger partial charge in [0.05, 0.1) is 27.8 Å². The summed E-state index contributed by atoms with van der Waals surface area (Å²) in [5, 5.41) is 3.35. The smallest absolute Gasteiger partial charge is 0.261 e. The first-order valence-corrected chi connectivity index (χ1v) is 15.7. The largest absolute Gasteiger partial charge is 0.494 e. The number of rotatable bonds is 11. The van der Waals surface area contributed by atoms with Gasteiger partial charge in [0.15, 0.2) is 0 Å². The summed E-state index contributed by atoms with van der Waals surface area (Å²) in [4.78, 5) is 2.27. The molecule has 3 aromatic carbocycles. The van der Waals surface area contributed by atoms with Gasteiger partial charge in [-0.25, -0.2) is 16.8 Å². The van der Waals surface area contributed by atoms with Gasteiger partial charge in [0.1, 0.15) is 5.75 Å². The molecule has 0 aliphatic carbocycles. The highest BCUT2D eigenvalue weighted by Gasteiger charge is 2.22. The van der Waals surface area contributed by atoms with Crippen LogP contribution in [0.1, 0.15) is 26.2 Å². The fourth-order valence-electron chi connectivity index (χ4n) is 4.06. The summed E-state index contributed by atoms with van der Waals surface area (Å²) in [6.07, 6.45) is 2.85. The highest BCUT2D eigenvalue weighted by molar-refractivity contribution is 7.93. The van der Waals surface area contributed by atoms with Gasteiger partial charge in [-0.05, 0) is 74.0 Å². The molecule has 0 atom stereocenters. The number of nitrogens with one attached hydrogen (secondary N) is 3. The number of hydrogen-bond acceptors (Lipinski definition) is 7. The number of unbranched alkanes of at least 4 members (excludes halogenated alkanes) is 1. The van der Waals surface area contributed by atoms with Crippen LogP contribution in [0.15, 0.2) is 82.6 Å². The number of sulfonamides is 2. The van der Waals surface area contributed by atoms with Gasteiger partial charge in [-0.2, -0.15) is 0 Å². The van der Waals surface area contributed by atoms with Crippen molar-refractivity contribution in [1.29, 1.82) is 0 Å². The Morgan fingerprint density at radius 1 is 0.800 bits per heavy atom. The molecule has 1 saturated heterocycles. The van der Waals surface area contributed by atoms with Crippen molar-refractivity contribution in [2.75, 3.05) is 47.1 Å². The SMILES string of the molecule is CCCCOc1ccc(S(=O)(=O)Nc2ccc(N3CCCNCC3)cc2NS(=O)(=O)c2ccccc2)cc1.Cl.Cl. The van der Waals surface area contributed by atoms with E-state index in [0.29, 0.717) is 12.4 Å². The van der Waals surface area contributed by atoms with E-state index in [9.17, 15) is 16.8 Å². The lowest BCUT2D eigenvalue weighted by molar-refractivity contribution is 0.309. The standard InChI is InChI=1S/C27H34N4O5S2.2ClH/c1-2-3-20-36-23-11-13-25(14-12-23)38(34,35)29-26-15-10-22(31-18-7-16-28-17-19-31)21-27(26)30-37(32,33)24-8-5-4-6-9-24;;/h4-6,8-15,21,28-30H,2-3,7,16-20H2,1H3;2*1H. The molecule has 1 fully saturated rings. The molecular weight excluding hydrogens is 595 g/mol. The molecule has 1 aliphatic heterocycles. The molecule has 4 rings (SSSR count). The molecule has 40 heavy (non-hydrogen) atoms. The highest BCUT2D eigenvalue weighted by Crippen LogP contribution is 2.32. The van der Waals surface area contributed by atoms with Crippen molar-refractivity contribution >= 4 is 61.9 Å². The Labute approximate surface area is 249 Å². The quantitative estimate of drug-likeness (QED) is 0.252. The summed E-state index contributed by atoms with van der Waals surface area (Å²) in [7, 11) is -7.97. The van der Waals surface area contributed by atoms with Crippen LogP contribution in [0.2, 0.25) is 0 Å². The molecule has 1 aliphatic rings. The molecule has 0 saturated carbocycles. The molecule has 3 N–H and O–H groups in total. The van der Waals surface area contributed by atoms with Crippen LogP contribution in [0, 0.1) is 0 Å². The van der Waals surface area contributed by atoms with Crippen molar-refractivity contribution in [3.8, 4) is 5.75 Å². The number of nitrogens with zero attached hydrogens (tertiary/aromatic N) is 1. The second-order valence-corrected chi connectivity index (χ2v) is 12.4. The van der Waals surface area contributed by atoms with Crippen LogP contribution in [0.4, 0.5) is 17.1 Å². The fourth-order valence-corrected chi connectivity index (χ4v) is 6.23. The van der Waals surface area contributed by atoms with Gasteiger partial charge in [0.25, 0.3) is 20.0 Å². The minimum absolute atomic E-state index is 0. The van der Waals surface area contributed by atoms with Crippen LogP contribution in [0.25, 0.3) is 0 Å². The lowest BCUT2D eigenvalue weighted by Crippen LogP contribution is -2.28. The number of benzene rings is 3. The maximum absolute atomic E-state index is 13.2. The van der Waals surface area contributed by atoms with E-state index in [1.807, 2.05) is 0 Å². The van der Waals surface area contributed by atoms with E-state index in [-0.39, 0.29) is 46.0 Å². The van der Waals surface area contributed by atoms with Gasteiger partial charge in [-0.15, -0.1) is 24.8 Å². The number of ether oxygens (including phenoxy) is 1. The molecule has 0 spiro atoms. The molecule has 220 valence electrons. The number of hydrogen-bond donors (Lipinski definition) is 3. The average Bonchev–Trinajstić information content (AvgIpc) is 3.20. The predicted octanol–water partition coefficient (Wildman–Crippen LogP) is 5.11.